The van der Waals surface area contributed by atoms with Crippen LogP contribution in [-0.4, -0.2) is 21.4 Å². The molecule has 0 heterocycles. The summed E-state index contributed by atoms with van der Waals surface area (Å²) in [4.78, 5) is 0.265. The van der Waals surface area contributed by atoms with Crippen molar-refractivity contribution in [2.24, 2.45) is 51.8 Å². The number of benzene rings is 2. The predicted molar refractivity (Wildman–Crippen MR) is 211 cm³/mol. The summed E-state index contributed by atoms with van der Waals surface area (Å²) in [6.45, 7) is 21.9. The maximum atomic E-state index is 15.4. The maximum absolute atomic E-state index is 15.4. The van der Waals surface area contributed by atoms with Gasteiger partial charge in [-0.15, -0.1) is 0 Å². The van der Waals surface area contributed by atoms with Gasteiger partial charge < -0.3 is 4.18 Å². The Hall–Kier alpha value is -1.90. The second-order valence-electron chi connectivity index (χ2n) is 20.9. The summed E-state index contributed by atoms with van der Waals surface area (Å²) < 4.78 is 73.0. The average molecular weight is 765 g/mol. The summed E-state index contributed by atoms with van der Waals surface area (Å²) >= 11 is 0. The molecule has 6 fully saturated rings. The van der Waals surface area contributed by atoms with Crippen molar-refractivity contribution in [3.8, 4) is 5.75 Å². The fraction of sp³-hybridized carbons (Fsp3) is 0.733. The van der Waals surface area contributed by atoms with Gasteiger partial charge in [0.05, 0.1) is 0 Å². The molecule has 6 saturated carbocycles. The van der Waals surface area contributed by atoms with Crippen molar-refractivity contribution in [2.45, 2.75) is 166 Å². The van der Waals surface area contributed by atoms with E-state index in [1.165, 1.54) is 49.8 Å². The minimum absolute atomic E-state index is 0.113. The first kappa shape index (κ1) is 38.0. The standard InChI is InChI=1S/C45H64O6S2/c1-24(2)31-22-30(23-32(25(3)4)41(31)52(46,47)48)51-53(49,50)42-36(34-20-28-12-15-39(34)44(28,7)8)17-26(33-19-27-11-14-38(33)43(27,5)6)18-37(42)35-21-29-13-16-40(35)45(29,9)10/h17-18,22-25,27-29,33-35,38-40H,11-16,19-21H2,1-10H3,(H,46,47,48). The smallest absolute Gasteiger partial charge is 0.339 e. The Morgan fingerprint density at radius 2 is 0.962 bits per heavy atom. The topological polar surface area (TPSA) is 97.7 Å². The Morgan fingerprint density at radius 3 is 1.26 bits per heavy atom. The highest BCUT2D eigenvalue weighted by molar-refractivity contribution is 7.87. The van der Waals surface area contributed by atoms with E-state index in [-0.39, 0.29) is 50.6 Å². The second kappa shape index (κ2) is 12.3. The van der Waals surface area contributed by atoms with Gasteiger partial charge in [-0.3, -0.25) is 4.55 Å². The van der Waals surface area contributed by atoms with Gasteiger partial charge in [0.1, 0.15) is 15.5 Å². The van der Waals surface area contributed by atoms with Crippen LogP contribution in [0.2, 0.25) is 0 Å². The molecule has 6 nitrogen and oxygen atoms in total. The molecular formula is C45H64O6S2. The molecule has 6 aliphatic carbocycles. The molecule has 0 aromatic heterocycles. The summed E-state index contributed by atoms with van der Waals surface area (Å²) in [5.74, 6) is 3.52. The molecule has 0 radical (unpaired) electrons. The van der Waals surface area contributed by atoms with E-state index in [0.717, 1.165) is 36.8 Å². The third kappa shape index (κ3) is 5.74. The van der Waals surface area contributed by atoms with Gasteiger partial charge in [0.25, 0.3) is 10.1 Å². The Bertz CT molecular complexity index is 1950. The molecule has 9 atom stereocenters. The van der Waals surface area contributed by atoms with Crippen LogP contribution >= 0.6 is 0 Å². The van der Waals surface area contributed by atoms with Crippen molar-refractivity contribution in [3.63, 3.8) is 0 Å². The van der Waals surface area contributed by atoms with Crippen LogP contribution in [0.15, 0.2) is 34.1 Å². The van der Waals surface area contributed by atoms with E-state index >= 15 is 8.42 Å². The molecule has 2 aromatic rings. The molecule has 9 unspecified atom stereocenters. The van der Waals surface area contributed by atoms with Crippen LogP contribution in [0.25, 0.3) is 0 Å². The fourth-order valence-corrected chi connectivity index (χ4v) is 16.6. The van der Waals surface area contributed by atoms with E-state index in [1.54, 1.807) is 0 Å². The number of fused-ring (bicyclic) bond motifs is 6. The van der Waals surface area contributed by atoms with Crippen LogP contribution in [0, 0.1) is 51.8 Å². The normalized spacial score (nSPS) is 34.9. The first-order chi connectivity index (χ1) is 24.5. The van der Waals surface area contributed by atoms with Crippen molar-refractivity contribution in [3.05, 3.63) is 52.1 Å². The summed E-state index contributed by atoms with van der Waals surface area (Å²) in [5.41, 5.74) is 4.65. The molecule has 292 valence electrons. The third-order valence-corrected chi connectivity index (χ3v) is 19.4. The predicted octanol–water partition coefficient (Wildman–Crippen LogP) is 11.6. The van der Waals surface area contributed by atoms with Crippen LogP contribution in [0.1, 0.15) is 184 Å². The zero-order valence-electron chi connectivity index (χ0n) is 33.8. The average Bonchev–Trinajstić information content (AvgIpc) is 3.84. The largest absolute Gasteiger partial charge is 0.379 e. The SMILES string of the molecule is CC(C)c1cc(OS(=O)(=O)c2c(C3CC4CCC3C4(C)C)cc(C3CC4CCC3C4(C)C)cc2C2CC3CCC2C3(C)C)cc(C(C)C)c1S(=O)(=O)O. The number of hydrogen-bond acceptors (Lipinski definition) is 5. The molecule has 0 aliphatic heterocycles. The summed E-state index contributed by atoms with van der Waals surface area (Å²) in [7, 11) is -8.94. The molecule has 53 heavy (non-hydrogen) atoms. The lowest BCUT2D eigenvalue weighted by Crippen LogP contribution is -2.25. The first-order valence-electron chi connectivity index (χ1n) is 20.8. The van der Waals surface area contributed by atoms with Gasteiger partial charge >= 0.3 is 10.1 Å². The monoisotopic (exact) mass is 764 g/mol. The zero-order chi connectivity index (χ0) is 38.4. The van der Waals surface area contributed by atoms with Gasteiger partial charge in [-0.25, -0.2) is 0 Å². The summed E-state index contributed by atoms with van der Waals surface area (Å²) in [6, 6.07) is 7.76. The lowest BCUT2D eigenvalue weighted by atomic mass is 9.72. The zero-order valence-corrected chi connectivity index (χ0v) is 35.5. The van der Waals surface area contributed by atoms with Crippen LogP contribution in [0.5, 0.6) is 5.75 Å². The van der Waals surface area contributed by atoms with Crippen molar-refractivity contribution >= 4 is 20.2 Å². The van der Waals surface area contributed by atoms with Crippen LogP contribution < -0.4 is 4.18 Å². The van der Waals surface area contributed by atoms with Gasteiger partial charge in [0.15, 0.2) is 0 Å². The second-order valence-corrected chi connectivity index (χ2v) is 23.8. The molecular weight excluding hydrogens is 701 g/mol. The quantitative estimate of drug-likeness (QED) is 0.202. The van der Waals surface area contributed by atoms with Gasteiger partial charge in [0, 0.05) is 0 Å². The Kier molecular flexibility index (Phi) is 8.82. The highest BCUT2D eigenvalue weighted by atomic mass is 32.2. The first-order valence-corrected chi connectivity index (χ1v) is 23.7. The minimum atomic E-state index is -4.56. The van der Waals surface area contributed by atoms with Gasteiger partial charge in [-0.1, -0.05) is 81.4 Å². The Balaban J connectivity index is 1.34. The maximum Gasteiger partial charge on any atom is 0.339 e. The highest BCUT2D eigenvalue weighted by Crippen LogP contribution is 2.68. The van der Waals surface area contributed by atoms with E-state index in [1.807, 2.05) is 27.7 Å². The minimum Gasteiger partial charge on any atom is -0.379 e. The van der Waals surface area contributed by atoms with E-state index in [9.17, 15) is 13.0 Å². The molecule has 6 bridgehead atoms. The van der Waals surface area contributed by atoms with Crippen LogP contribution in [0.3, 0.4) is 0 Å². The third-order valence-electron chi connectivity index (χ3n) is 17.0. The molecule has 0 spiro atoms. The van der Waals surface area contributed by atoms with E-state index < -0.39 is 20.2 Å². The molecule has 8 rings (SSSR count). The Labute approximate surface area is 320 Å². The summed E-state index contributed by atoms with van der Waals surface area (Å²) in [6.07, 6.45) is 10.4. The molecule has 6 aliphatic rings. The fourth-order valence-electron chi connectivity index (χ4n) is 13.9. The van der Waals surface area contributed by atoms with Crippen molar-refractivity contribution in [2.75, 3.05) is 0 Å². The van der Waals surface area contributed by atoms with Crippen molar-refractivity contribution in [1.29, 1.82) is 0 Å². The molecule has 8 heteroatoms. The molecule has 2 aromatic carbocycles. The van der Waals surface area contributed by atoms with Crippen molar-refractivity contribution in [1.82, 2.24) is 0 Å². The van der Waals surface area contributed by atoms with Crippen LogP contribution in [-0.2, 0) is 20.2 Å². The molecule has 1 N–H and O–H groups in total. The lowest BCUT2D eigenvalue weighted by molar-refractivity contribution is 0.250. The Morgan fingerprint density at radius 1 is 0.585 bits per heavy atom. The highest BCUT2D eigenvalue weighted by Gasteiger charge is 2.58. The summed E-state index contributed by atoms with van der Waals surface area (Å²) in [5, 5.41) is 0. The van der Waals surface area contributed by atoms with Gasteiger partial charge in [-0.05, 0) is 179 Å². The van der Waals surface area contributed by atoms with E-state index in [0.29, 0.717) is 57.4 Å². The van der Waals surface area contributed by atoms with E-state index in [2.05, 4.69) is 53.7 Å². The van der Waals surface area contributed by atoms with Gasteiger partial charge in [-0.2, -0.15) is 16.8 Å². The van der Waals surface area contributed by atoms with Crippen molar-refractivity contribution < 1.29 is 25.6 Å². The molecule has 0 amide bonds. The van der Waals surface area contributed by atoms with E-state index in [4.69, 9.17) is 4.18 Å². The van der Waals surface area contributed by atoms with Gasteiger partial charge in [0.2, 0.25) is 0 Å². The van der Waals surface area contributed by atoms with Crippen LogP contribution in [0.4, 0.5) is 0 Å². The molecule has 0 saturated heterocycles. The number of rotatable bonds is 9. The lowest BCUT2D eigenvalue weighted by Gasteiger charge is -2.34. The number of hydrogen-bond donors (Lipinski definition) is 1.